The largest absolute Gasteiger partial charge is 0.489 e. The molecule has 4 fully saturated rings. The second-order valence-electron chi connectivity index (χ2n) is 18.4. The van der Waals surface area contributed by atoms with E-state index in [0.717, 1.165) is 51.6 Å². The summed E-state index contributed by atoms with van der Waals surface area (Å²) in [5.41, 5.74) is -1.16. The van der Waals surface area contributed by atoms with E-state index in [9.17, 15) is 14.9 Å². The molecule has 0 saturated carbocycles. The minimum Gasteiger partial charge on any atom is -0.489 e. The van der Waals surface area contributed by atoms with Gasteiger partial charge in [-0.15, -0.1) is 11.3 Å². The molecule has 4 saturated heterocycles. The van der Waals surface area contributed by atoms with Crippen molar-refractivity contribution < 1.29 is 32.9 Å². The van der Waals surface area contributed by atoms with Crippen molar-refractivity contribution in [3.05, 3.63) is 34.6 Å². The second-order valence-corrected chi connectivity index (χ2v) is 19.8. The molecule has 7 heterocycles. The molecule has 13 nitrogen and oxygen atoms in total. The van der Waals surface area contributed by atoms with Gasteiger partial charge in [0.15, 0.2) is 11.6 Å². The van der Waals surface area contributed by atoms with E-state index in [4.69, 9.17) is 40.5 Å². The number of rotatable bonds is 5. The number of amides is 2. The van der Waals surface area contributed by atoms with Crippen LogP contribution in [0.5, 0.6) is 11.8 Å². The zero-order valence-electron chi connectivity index (χ0n) is 34.4. The minimum atomic E-state index is -0.767. The highest BCUT2D eigenvalue weighted by Crippen LogP contribution is 2.53. The van der Waals surface area contributed by atoms with Gasteiger partial charge in [0.2, 0.25) is 0 Å². The molecule has 0 radical (unpaired) electrons. The average molecular weight is 846 g/mol. The lowest BCUT2D eigenvalue weighted by molar-refractivity contribution is 0.00539. The molecule has 2 bridgehead atoms. The summed E-state index contributed by atoms with van der Waals surface area (Å²) < 4.78 is 43.2. The molecule has 2 aromatic heterocycles. The number of nitriles is 1. The quantitative estimate of drug-likeness (QED) is 0.205. The summed E-state index contributed by atoms with van der Waals surface area (Å²) in [6.07, 6.45) is 4.26. The molecule has 2 amide bonds. The van der Waals surface area contributed by atoms with E-state index < -0.39 is 23.1 Å². The zero-order valence-corrected chi connectivity index (χ0v) is 36.0. The number of ether oxygens (including phenoxy) is 4. The molecule has 4 atom stereocenters. The van der Waals surface area contributed by atoms with Crippen LogP contribution in [0, 0.1) is 17.1 Å². The van der Waals surface area contributed by atoms with Crippen molar-refractivity contribution in [3.63, 3.8) is 0 Å². The van der Waals surface area contributed by atoms with Crippen molar-refractivity contribution in [3.8, 4) is 29.0 Å². The topological polar surface area (TPSA) is 142 Å². The summed E-state index contributed by atoms with van der Waals surface area (Å²) >= 11 is 8.51. The fourth-order valence-electron chi connectivity index (χ4n) is 10.1. The highest BCUT2D eigenvalue weighted by Gasteiger charge is 2.53. The molecular weight excluding hydrogens is 797 g/mol. The Kier molecular flexibility index (Phi) is 9.60. The number of piperazine rings is 1. The Balaban J connectivity index is 1.20. The Morgan fingerprint density at radius 2 is 1.80 bits per heavy atom. The third-order valence-electron chi connectivity index (χ3n) is 12.5. The van der Waals surface area contributed by atoms with Crippen molar-refractivity contribution in [1.82, 2.24) is 19.8 Å². The van der Waals surface area contributed by atoms with E-state index in [1.165, 1.54) is 11.3 Å². The van der Waals surface area contributed by atoms with E-state index in [1.807, 2.05) is 25.7 Å². The van der Waals surface area contributed by atoms with Crippen LogP contribution in [0.4, 0.5) is 24.8 Å². The Morgan fingerprint density at radius 1 is 1.07 bits per heavy atom. The van der Waals surface area contributed by atoms with Gasteiger partial charge in [-0.05, 0) is 112 Å². The molecular formula is C43H49ClFN7O6S. The van der Waals surface area contributed by atoms with Gasteiger partial charge in [0.05, 0.1) is 39.6 Å². The molecule has 0 aliphatic carbocycles. The average Bonchev–Trinajstić information content (AvgIpc) is 3.89. The third kappa shape index (κ3) is 6.66. The molecule has 9 rings (SSSR count). The Bertz CT molecular complexity index is 2430. The van der Waals surface area contributed by atoms with Gasteiger partial charge in [0.1, 0.15) is 46.3 Å². The Morgan fingerprint density at radius 3 is 2.49 bits per heavy atom. The van der Waals surface area contributed by atoms with Gasteiger partial charge < -0.3 is 23.8 Å². The molecule has 0 spiro atoms. The first-order valence-electron chi connectivity index (χ1n) is 20.5. The number of anilines is 2. The van der Waals surface area contributed by atoms with Crippen LogP contribution < -0.4 is 19.7 Å². The third-order valence-corrected chi connectivity index (χ3v) is 13.9. The molecule has 59 heavy (non-hydrogen) atoms. The van der Waals surface area contributed by atoms with Crippen LogP contribution in [0.3, 0.4) is 0 Å². The van der Waals surface area contributed by atoms with E-state index in [0.29, 0.717) is 33.4 Å². The fourth-order valence-corrected chi connectivity index (χ4v) is 11.5. The standard InChI is InChI=1S/C43H49ClFN7O6S/c1-22(43-15-9-17-50(43)18-10-16-43)56-38-47-34-31-35(55-21-27-26-14-13-23(20-51(27)36(31)48-38)52(26)40(54)58-42(5,6)7)32(44)30(33(34)45)24-11-8-12-28-29(24)25(19-46)37(59-28)49-39(53)57-41(2,3)4/h8,11-12,22-23,26-27H,9-10,13-18,20-21H2,1-7H3,(H,49,53)/t22?,23-,26+,27-/m1/s1. The van der Waals surface area contributed by atoms with Gasteiger partial charge >= 0.3 is 18.2 Å². The van der Waals surface area contributed by atoms with Gasteiger partial charge in [-0.25, -0.2) is 14.0 Å². The zero-order chi connectivity index (χ0) is 41.8. The Hall–Kier alpha value is -4.65. The summed E-state index contributed by atoms with van der Waals surface area (Å²) in [7, 11) is 0. The molecule has 5 aliphatic rings. The maximum atomic E-state index is 17.8. The summed E-state index contributed by atoms with van der Waals surface area (Å²) in [5.74, 6) is -0.0840. The monoisotopic (exact) mass is 845 g/mol. The number of nitrogens with zero attached hydrogens (tertiary/aromatic N) is 6. The predicted octanol–water partition coefficient (Wildman–Crippen LogP) is 9.27. The molecule has 16 heteroatoms. The summed E-state index contributed by atoms with van der Waals surface area (Å²) in [4.78, 5) is 42.9. The first-order valence-corrected chi connectivity index (χ1v) is 21.7. The maximum absolute atomic E-state index is 17.8. The molecule has 1 unspecified atom stereocenters. The number of nitrogens with one attached hydrogen (secondary N) is 1. The molecule has 1 N–H and O–H groups in total. The van der Waals surface area contributed by atoms with Crippen molar-refractivity contribution in [2.24, 2.45) is 0 Å². The normalized spacial score (nSPS) is 22.7. The number of carbonyl (C=O) groups is 2. The van der Waals surface area contributed by atoms with E-state index >= 15 is 4.39 Å². The van der Waals surface area contributed by atoms with Crippen LogP contribution >= 0.6 is 22.9 Å². The predicted molar refractivity (Wildman–Crippen MR) is 224 cm³/mol. The Labute approximate surface area is 351 Å². The number of aromatic nitrogens is 2. The highest BCUT2D eigenvalue weighted by molar-refractivity contribution is 7.23. The summed E-state index contributed by atoms with van der Waals surface area (Å²) in [5, 5.41) is 14.2. The molecule has 5 aliphatic heterocycles. The number of benzene rings is 2. The van der Waals surface area contributed by atoms with Gasteiger partial charge in [-0.3, -0.25) is 15.1 Å². The van der Waals surface area contributed by atoms with Crippen LogP contribution in [-0.2, 0) is 9.47 Å². The van der Waals surface area contributed by atoms with Crippen LogP contribution in [0.25, 0.3) is 32.1 Å². The smallest absolute Gasteiger partial charge is 0.412 e. The number of fused-ring (bicyclic) bond motifs is 7. The van der Waals surface area contributed by atoms with Crippen LogP contribution in [-0.4, -0.2) is 99.2 Å². The van der Waals surface area contributed by atoms with E-state index in [1.54, 1.807) is 39.0 Å². The second kappa shape index (κ2) is 14.2. The van der Waals surface area contributed by atoms with Crippen molar-refractivity contribution in [1.29, 1.82) is 5.26 Å². The number of thiophene rings is 1. The molecule has 312 valence electrons. The van der Waals surface area contributed by atoms with Crippen molar-refractivity contribution >= 4 is 66.9 Å². The molecule has 2 aromatic carbocycles. The lowest BCUT2D eigenvalue weighted by atomic mass is 9.88. The van der Waals surface area contributed by atoms with Gasteiger partial charge in [0.25, 0.3) is 0 Å². The summed E-state index contributed by atoms with van der Waals surface area (Å²) in [6.45, 7) is 15.4. The number of carbonyl (C=O) groups excluding carboxylic acids is 2. The number of halogens is 2. The summed E-state index contributed by atoms with van der Waals surface area (Å²) in [6, 6.07) is 6.71. The van der Waals surface area contributed by atoms with Gasteiger partial charge in [0, 0.05) is 22.2 Å². The lowest BCUT2D eigenvalue weighted by Crippen LogP contribution is -2.63. The number of hydrogen-bond acceptors (Lipinski definition) is 12. The van der Waals surface area contributed by atoms with Crippen LogP contribution in [0.2, 0.25) is 5.02 Å². The van der Waals surface area contributed by atoms with Gasteiger partial charge in [-0.1, -0.05) is 23.7 Å². The first-order chi connectivity index (χ1) is 28.0. The van der Waals surface area contributed by atoms with Crippen LogP contribution in [0.15, 0.2) is 18.2 Å². The minimum absolute atomic E-state index is 0.00494. The van der Waals surface area contributed by atoms with Crippen molar-refractivity contribution in [2.45, 2.75) is 128 Å². The fraction of sp³-hybridized carbons (Fsp3) is 0.558. The first kappa shape index (κ1) is 39.8. The SMILES string of the molecule is CC(Oc1nc2c3c(c(Cl)c(-c4cccc5sc(NC(=O)OC(C)(C)C)c(C#N)c45)c(F)c3n1)OC[C@@H]1[C@@H]3CC[C@H](CN21)N3C(=O)OC(C)(C)C)C12CCCN1CCC2. The van der Waals surface area contributed by atoms with E-state index in [2.05, 4.69) is 28.1 Å². The van der Waals surface area contributed by atoms with E-state index in [-0.39, 0.29) is 80.9 Å². The van der Waals surface area contributed by atoms with Gasteiger partial charge in [-0.2, -0.15) is 15.2 Å². The highest BCUT2D eigenvalue weighted by atomic mass is 35.5. The van der Waals surface area contributed by atoms with Crippen molar-refractivity contribution in [2.75, 3.05) is 36.5 Å². The lowest BCUT2D eigenvalue weighted by Gasteiger charge is -2.46. The number of hydrogen-bond donors (Lipinski definition) is 1. The maximum Gasteiger partial charge on any atom is 0.412 e. The van der Waals surface area contributed by atoms with Crippen LogP contribution in [0.1, 0.15) is 92.6 Å². The molecule has 4 aromatic rings.